The Morgan fingerprint density at radius 2 is 1.92 bits per heavy atom. The molecule has 0 saturated heterocycles. The molecule has 0 spiro atoms. The lowest BCUT2D eigenvalue weighted by Gasteiger charge is -2.35. The van der Waals surface area contributed by atoms with E-state index in [4.69, 9.17) is 11.6 Å². The van der Waals surface area contributed by atoms with Crippen LogP contribution < -0.4 is 0 Å². The highest BCUT2D eigenvalue weighted by atomic mass is 35.5. The van der Waals surface area contributed by atoms with Crippen molar-refractivity contribution >= 4 is 22.4 Å². The molecular formula is C24H24ClF. The number of hydrogen-bond acceptors (Lipinski definition) is 0. The van der Waals surface area contributed by atoms with Crippen LogP contribution in [0.3, 0.4) is 0 Å². The molecule has 0 aromatic heterocycles. The largest absolute Gasteiger partial charge is 0.205 e. The highest BCUT2D eigenvalue weighted by molar-refractivity contribution is 6.30. The van der Waals surface area contributed by atoms with E-state index in [-0.39, 0.29) is 16.8 Å². The molecule has 1 aliphatic carbocycles. The van der Waals surface area contributed by atoms with Crippen molar-refractivity contribution in [3.8, 4) is 0 Å². The normalized spacial score (nSPS) is 19.5. The van der Waals surface area contributed by atoms with E-state index >= 15 is 0 Å². The second-order valence-electron chi connectivity index (χ2n) is 7.45. The van der Waals surface area contributed by atoms with Crippen LogP contribution in [-0.4, -0.2) is 0 Å². The van der Waals surface area contributed by atoms with Gasteiger partial charge in [0.05, 0.1) is 5.02 Å². The van der Waals surface area contributed by atoms with Gasteiger partial charge >= 0.3 is 0 Å². The molecule has 3 aromatic rings. The van der Waals surface area contributed by atoms with Crippen LogP contribution in [0.2, 0.25) is 5.02 Å². The predicted octanol–water partition coefficient (Wildman–Crippen LogP) is 7.52. The van der Waals surface area contributed by atoms with Gasteiger partial charge in [-0.25, -0.2) is 4.39 Å². The maximum atomic E-state index is 14.2. The van der Waals surface area contributed by atoms with E-state index in [1.54, 1.807) is 12.1 Å². The van der Waals surface area contributed by atoms with Crippen LogP contribution in [0.4, 0.5) is 4.39 Å². The molecule has 0 aliphatic heterocycles. The highest BCUT2D eigenvalue weighted by Gasteiger charge is 2.31. The summed E-state index contributed by atoms with van der Waals surface area (Å²) in [5, 5.41) is 2.84. The molecule has 3 aromatic carbocycles. The maximum absolute atomic E-state index is 14.2. The van der Waals surface area contributed by atoms with E-state index in [1.807, 2.05) is 6.07 Å². The first-order chi connectivity index (χ1) is 12.7. The van der Waals surface area contributed by atoms with Gasteiger partial charge in [-0.05, 0) is 64.8 Å². The third-order valence-electron chi connectivity index (χ3n) is 5.88. The van der Waals surface area contributed by atoms with Crippen LogP contribution in [-0.2, 0) is 6.42 Å². The summed E-state index contributed by atoms with van der Waals surface area (Å²) in [7, 11) is 0. The molecule has 1 aliphatic rings. The predicted molar refractivity (Wildman–Crippen MR) is 109 cm³/mol. The minimum absolute atomic E-state index is 0.202. The van der Waals surface area contributed by atoms with Crippen LogP contribution in [0.1, 0.15) is 55.2 Å². The van der Waals surface area contributed by atoms with Crippen molar-refractivity contribution in [3.63, 3.8) is 0 Å². The summed E-state index contributed by atoms with van der Waals surface area (Å²) in [5.41, 5.74) is 3.87. The standard InChI is InChI=1S/C24H24ClF/c1-2-3-6-17-10-12-20-19-8-5-4-7-16(19)9-13-21(20)24(17)18-11-14-22(25)23(26)15-18/h4-5,7-9,11,13-15,17,24H,2-3,6,10,12H2,1H3/t17-,24-/m1/s1. The lowest BCUT2D eigenvalue weighted by atomic mass is 9.69. The van der Waals surface area contributed by atoms with Gasteiger partial charge in [0, 0.05) is 5.92 Å². The van der Waals surface area contributed by atoms with Gasteiger partial charge in [-0.2, -0.15) is 0 Å². The van der Waals surface area contributed by atoms with Gasteiger partial charge in [0.1, 0.15) is 5.82 Å². The Balaban J connectivity index is 1.86. The summed E-state index contributed by atoms with van der Waals surface area (Å²) in [5.74, 6) is 0.497. The Morgan fingerprint density at radius 3 is 2.73 bits per heavy atom. The zero-order chi connectivity index (χ0) is 18.1. The highest BCUT2D eigenvalue weighted by Crippen LogP contribution is 2.45. The van der Waals surface area contributed by atoms with Crippen LogP contribution >= 0.6 is 11.6 Å². The van der Waals surface area contributed by atoms with E-state index in [0.717, 1.165) is 18.4 Å². The van der Waals surface area contributed by atoms with Crippen molar-refractivity contribution in [2.75, 3.05) is 0 Å². The zero-order valence-electron chi connectivity index (χ0n) is 15.1. The SMILES string of the molecule is CCCC[C@@H]1CCc2c(ccc3ccccc23)[C@H]1c1ccc(Cl)c(F)c1. The Labute approximate surface area is 160 Å². The first-order valence-electron chi connectivity index (χ1n) is 9.64. The van der Waals surface area contributed by atoms with E-state index < -0.39 is 0 Å². The zero-order valence-corrected chi connectivity index (χ0v) is 15.9. The van der Waals surface area contributed by atoms with Gasteiger partial charge in [0.2, 0.25) is 0 Å². The van der Waals surface area contributed by atoms with E-state index in [0.29, 0.717) is 5.92 Å². The molecule has 0 unspecified atom stereocenters. The fourth-order valence-corrected chi connectivity index (χ4v) is 4.73. The second-order valence-corrected chi connectivity index (χ2v) is 7.85. The minimum Gasteiger partial charge on any atom is -0.205 e. The molecule has 2 heteroatoms. The number of halogens is 2. The van der Waals surface area contributed by atoms with Gasteiger partial charge in [-0.1, -0.05) is 73.8 Å². The minimum atomic E-state index is -0.314. The van der Waals surface area contributed by atoms with Crippen LogP contribution in [0.15, 0.2) is 54.6 Å². The molecule has 0 nitrogen and oxygen atoms in total. The number of fused-ring (bicyclic) bond motifs is 3. The Hall–Kier alpha value is -1.86. The van der Waals surface area contributed by atoms with Crippen molar-refractivity contribution in [2.45, 2.75) is 44.9 Å². The van der Waals surface area contributed by atoms with Gasteiger partial charge in [0.25, 0.3) is 0 Å². The molecule has 0 amide bonds. The van der Waals surface area contributed by atoms with Crippen molar-refractivity contribution in [3.05, 3.63) is 82.1 Å². The van der Waals surface area contributed by atoms with Crippen molar-refractivity contribution in [1.29, 1.82) is 0 Å². The molecule has 0 saturated carbocycles. The first kappa shape index (κ1) is 17.5. The van der Waals surface area contributed by atoms with Crippen LogP contribution in [0, 0.1) is 11.7 Å². The van der Waals surface area contributed by atoms with Gasteiger partial charge in [0.15, 0.2) is 0 Å². The average molecular weight is 367 g/mol. The summed E-state index contributed by atoms with van der Waals surface area (Å²) in [6.07, 6.45) is 5.88. The van der Waals surface area contributed by atoms with Gasteiger partial charge in [-0.3, -0.25) is 0 Å². The molecule has 2 atom stereocenters. The van der Waals surface area contributed by atoms with E-state index in [2.05, 4.69) is 43.3 Å². The summed E-state index contributed by atoms with van der Waals surface area (Å²) < 4.78 is 14.2. The lowest BCUT2D eigenvalue weighted by Crippen LogP contribution is -2.22. The quantitative estimate of drug-likeness (QED) is 0.448. The Kier molecular flexibility index (Phi) is 5.00. The third-order valence-corrected chi connectivity index (χ3v) is 6.19. The fraction of sp³-hybridized carbons (Fsp3) is 0.333. The molecule has 0 bridgehead atoms. The number of unbranched alkanes of at least 4 members (excludes halogenated alkanes) is 1. The van der Waals surface area contributed by atoms with Crippen LogP contribution in [0.25, 0.3) is 10.8 Å². The Bertz CT molecular complexity index is 931. The molecule has 0 fully saturated rings. The molecule has 0 heterocycles. The molecule has 0 radical (unpaired) electrons. The number of aryl methyl sites for hydroxylation is 1. The van der Waals surface area contributed by atoms with Crippen molar-refractivity contribution < 1.29 is 4.39 Å². The number of benzene rings is 3. The van der Waals surface area contributed by atoms with E-state index in [9.17, 15) is 4.39 Å². The maximum Gasteiger partial charge on any atom is 0.142 e. The van der Waals surface area contributed by atoms with Gasteiger partial charge < -0.3 is 0 Å². The Morgan fingerprint density at radius 1 is 1.08 bits per heavy atom. The summed E-state index contributed by atoms with van der Waals surface area (Å²) in [6, 6.07) is 18.5. The second kappa shape index (κ2) is 7.40. The van der Waals surface area contributed by atoms with Crippen LogP contribution in [0.5, 0.6) is 0 Å². The summed E-state index contributed by atoms with van der Waals surface area (Å²) in [6.45, 7) is 2.24. The van der Waals surface area contributed by atoms with Crippen molar-refractivity contribution in [1.82, 2.24) is 0 Å². The molecular weight excluding hydrogens is 343 g/mol. The number of rotatable bonds is 4. The first-order valence-corrected chi connectivity index (χ1v) is 10.0. The molecule has 26 heavy (non-hydrogen) atoms. The smallest absolute Gasteiger partial charge is 0.142 e. The van der Waals surface area contributed by atoms with E-state index in [1.165, 1.54) is 41.2 Å². The van der Waals surface area contributed by atoms with Gasteiger partial charge in [-0.15, -0.1) is 0 Å². The fourth-order valence-electron chi connectivity index (χ4n) is 4.61. The molecule has 0 N–H and O–H groups in total. The summed E-state index contributed by atoms with van der Waals surface area (Å²) >= 11 is 5.94. The molecule has 134 valence electrons. The monoisotopic (exact) mass is 366 g/mol. The van der Waals surface area contributed by atoms with Crippen molar-refractivity contribution in [2.24, 2.45) is 5.92 Å². The molecule has 4 rings (SSSR count). The number of hydrogen-bond donors (Lipinski definition) is 0. The lowest BCUT2D eigenvalue weighted by molar-refractivity contribution is 0.372. The summed E-state index contributed by atoms with van der Waals surface area (Å²) in [4.78, 5) is 0. The third kappa shape index (κ3) is 3.14. The average Bonchev–Trinajstić information content (AvgIpc) is 2.67. The topological polar surface area (TPSA) is 0 Å².